The summed E-state index contributed by atoms with van der Waals surface area (Å²) in [7, 11) is 1.68. The Bertz CT molecular complexity index is 582. The Morgan fingerprint density at radius 2 is 1.81 bits per heavy atom. The molecular weight excluding hydrogens is 396 g/mol. The molecule has 1 atom stereocenters. The predicted octanol–water partition coefficient (Wildman–Crippen LogP) is 5.54. The largest absolute Gasteiger partial charge is 0.497 e. The third kappa shape index (κ3) is 4.48. The molecule has 21 heavy (non-hydrogen) atoms. The van der Waals surface area contributed by atoms with Crippen molar-refractivity contribution in [2.24, 2.45) is 0 Å². The first-order valence-electron chi connectivity index (χ1n) is 6.83. The van der Waals surface area contributed by atoms with Gasteiger partial charge < -0.3 is 9.47 Å². The van der Waals surface area contributed by atoms with E-state index in [9.17, 15) is 0 Å². The van der Waals surface area contributed by atoms with Crippen LogP contribution in [0, 0.1) is 0 Å². The maximum atomic E-state index is 5.54. The van der Waals surface area contributed by atoms with E-state index in [1.807, 2.05) is 25.1 Å². The number of alkyl halides is 1. The van der Waals surface area contributed by atoms with Gasteiger partial charge in [-0.15, -0.1) is 0 Å². The lowest BCUT2D eigenvalue weighted by atomic mass is 10.0. The van der Waals surface area contributed by atoms with Crippen LogP contribution in [0.5, 0.6) is 11.5 Å². The Morgan fingerprint density at radius 3 is 2.38 bits per heavy atom. The zero-order valence-corrected chi connectivity index (χ0v) is 15.3. The van der Waals surface area contributed by atoms with Crippen molar-refractivity contribution in [3.05, 3.63) is 58.1 Å². The first-order chi connectivity index (χ1) is 10.1. The van der Waals surface area contributed by atoms with Crippen molar-refractivity contribution >= 4 is 31.9 Å². The molecule has 0 spiro atoms. The van der Waals surface area contributed by atoms with Gasteiger partial charge in [-0.05, 0) is 64.7 Å². The monoisotopic (exact) mass is 412 g/mol. The predicted molar refractivity (Wildman–Crippen MR) is 93.7 cm³/mol. The summed E-state index contributed by atoms with van der Waals surface area (Å²) < 4.78 is 11.7. The number of benzene rings is 2. The summed E-state index contributed by atoms with van der Waals surface area (Å²) in [5.41, 5.74) is 2.49. The van der Waals surface area contributed by atoms with E-state index in [1.54, 1.807) is 7.11 Å². The van der Waals surface area contributed by atoms with Crippen LogP contribution >= 0.6 is 31.9 Å². The van der Waals surface area contributed by atoms with Crippen LogP contribution in [0.2, 0.25) is 0 Å². The molecule has 0 aliphatic rings. The fourth-order valence-electron chi connectivity index (χ4n) is 2.07. The standard InChI is InChI=1S/C17H18Br2O2/c1-3-21-17-9-6-13(11-16(17)19)15(18)10-12-4-7-14(20-2)8-5-12/h4-9,11,15H,3,10H2,1-2H3. The highest BCUT2D eigenvalue weighted by Crippen LogP contribution is 2.33. The molecule has 2 rings (SSSR count). The quantitative estimate of drug-likeness (QED) is 0.579. The summed E-state index contributed by atoms with van der Waals surface area (Å²) in [5.74, 6) is 1.76. The van der Waals surface area contributed by atoms with Gasteiger partial charge in [0, 0.05) is 4.83 Å². The van der Waals surface area contributed by atoms with Crippen molar-refractivity contribution < 1.29 is 9.47 Å². The lowest BCUT2D eigenvalue weighted by Gasteiger charge is -2.13. The highest BCUT2D eigenvalue weighted by atomic mass is 79.9. The zero-order chi connectivity index (χ0) is 15.2. The van der Waals surface area contributed by atoms with Crippen LogP contribution < -0.4 is 9.47 Å². The Morgan fingerprint density at radius 1 is 1.10 bits per heavy atom. The van der Waals surface area contributed by atoms with E-state index in [4.69, 9.17) is 9.47 Å². The normalized spacial score (nSPS) is 12.0. The van der Waals surface area contributed by atoms with Crippen LogP contribution in [0.4, 0.5) is 0 Å². The van der Waals surface area contributed by atoms with Gasteiger partial charge in [0.15, 0.2) is 0 Å². The van der Waals surface area contributed by atoms with E-state index in [0.29, 0.717) is 6.61 Å². The smallest absolute Gasteiger partial charge is 0.133 e. The lowest BCUT2D eigenvalue weighted by Crippen LogP contribution is -1.98. The van der Waals surface area contributed by atoms with Crippen LogP contribution in [0.25, 0.3) is 0 Å². The van der Waals surface area contributed by atoms with Gasteiger partial charge in [0.25, 0.3) is 0 Å². The molecule has 0 bridgehead atoms. The minimum atomic E-state index is 0.262. The van der Waals surface area contributed by atoms with E-state index in [2.05, 4.69) is 56.1 Å². The fourth-order valence-corrected chi connectivity index (χ4v) is 3.24. The van der Waals surface area contributed by atoms with E-state index < -0.39 is 0 Å². The molecule has 2 aromatic rings. The number of halogens is 2. The summed E-state index contributed by atoms with van der Waals surface area (Å²) in [6.07, 6.45) is 0.921. The lowest BCUT2D eigenvalue weighted by molar-refractivity contribution is 0.338. The molecular formula is C17H18Br2O2. The number of hydrogen-bond acceptors (Lipinski definition) is 2. The third-order valence-electron chi connectivity index (χ3n) is 3.19. The molecule has 0 N–H and O–H groups in total. The van der Waals surface area contributed by atoms with Crippen LogP contribution in [-0.4, -0.2) is 13.7 Å². The topological polar surface area (TPSA) is 18.5 Å². The number of rotatable bonds is 6. The Hall–Kier alpha value is -1.00. The highest BCUT2D eigenvalue weighted by Gasteiger charge is 2.11. The Balaban J connectivity index is 2.08. The second kappa shape index (κ2) is 7.85. The Kier molecular flexibility index (Phi) is 6.12. The third-order valence-corrected chi connectivity index (χ3v) is 4.66. The van der Waals surface area contributed by atoms with Crippen molar-refractivity contribution in [2.75, 3.05) is 13.7 Å². The van der Waals surface area contributed by atoms with Crippen LogP contribution in [0.3, 0.4) is 0 Å². The number of methoxy groups -OCH3 is 1. The first kappa shape index (κ1) is 16.4. The van der Waals surface area contributed by atoms with E-state index in [0.717, 1.165) is 22.4 Å². The summed E-state index contributed by atoms with van der Waals surface area (Å²) in [5, 5.41) is 0. The molecule has 0 radical (unpaired) electrons. The fraction of sp³-hybridized carbons (Fsp3) is 0.294. The molecule has 0 aliphatic carbocycles. The van der Waals surface area contributed by atoms with Gasteiger partial charge in [-0.2, -0.15) is 0 Å². The van der Waals surface area contributed by atoms with E-state index in [1.165, 1.54) is 11.1 Å². The zero-order valence-electron chi connectivity index (χ0n) is 12.1. The molecule has 1 unspecified atom stereocenters. The number of ether oxygens (including phenoxy) is 2. The molecule has 4 heteroatoms. The maximum absolute atomic E-state index is 5.54. The molecule has 0 amide bonds. The average molecular weight is 414 g/mol. The first-order valence-corrected chi connectivity index (χ1v) is 8.54. The molecule has 0 fully saturated rings. The van der Waals surface area contributed by atoms with E-state index in [-0.39, 0.29) is 4.83 Å². The van der Waals surface area contributed by atoms with Crippen molar-refractivity contribution in [2.45, 2.75) is 18.2 Å². The molecule has 2 aromatic carbocycles. The Labute approximate surface area is 142 Å². The van der Waals surface area contributed by atoms with Gasteiger partial charge in [-0.3, -0.25) is 0 Å². The molecule has 0 saturated heterocycles. The SMILES string of the molecule is CCOc1ccc(C(Br)Cc2ccc(OC)cc2)cc1Br. The second-order valence-corrected chi connectivity index (χ2v) is 6.60. The van der Waals surface area contributed by atoms with Crippen LogP contribution in [0.15, 0.2) is 46.9 Å². The van der Waals surface area contributed by atoms with E-state index >= 15 is 0 Å². The maximum Gasteiger partial charge on any atom is 0.133 e. The summed E-state index contributed by atoms with van der Waals surface area (Å²) in [6, 6.07) is 14.4. The van der Waals surface area contributed by atoms with Gasteiger partial charge >= 0.3 is 0 Å². The van der Waals surface area contributed by atoms with Crippen molar-refractivity contribution in [1.82, 2.24) is 0 Å². The minimum absolute atomic E-state index is 0.262. The average Bonchev–Trinajstić information content (AvgIpc) is 2.50. The van der Waals surface area contributed by atoms with Gasteiger partial charge in [0.05, 0.1) is 18.2 Å². The summed E-state index contributed by atoms with van der Waals surface area (Å²) in [4.78, 5) is 0.262. The summed E-state index contributed by atoms with van der Waals surface area (Å²) in [6.45, 7) is 2.65. The molecule has 0 aliphatic heterocycles. The van der Waals surface area contributed by atoms with Crippen LogP contribution in [0.1, 0.15) is 22.9 Å². The highest BCUT2D eigenvalue weighted by molar-refractivity contribution is 9.10. The molecule has 112 valence electrons. The molecule has 2 nitrogen and oxygen atoms in total. The number of hydrogen-bond donors (Lipinski definition) is 0. The van der Waals surface area contributed by atoms with Gasteiger partial charge in [-0.1, -0.05) is 34.1 Å². The molecule has 0 saturated carbocycles. The van der Waals surface area contributed by atoms with Gasteiger partial charge in [-0.25, -0.2) is 0 Å². The minimum Gasteiger partial charge on any atom is -0.497 e. The summed E-state index contributed by atoms with van der Waals surface area (Å²) >= 11 is 7.32. The van der Waals surface area contributed by atoms with Crippen molar-refractivity contribution in [3.8, 4) is 11.5 Å². The van der Waals surface area contributed by atoms with Crippen molar-refractivity contribution in [1.29, 1.82) is 0 Å². The van der Waals surface area contributed by atoms with Gasteiger partial charge in [0.1, 0.15) is 11.5 Å². The molecule has 0 heterocycles. The molecule has 0 aromatic heterocycles. The van der Waals surface area contributed by atoms with Crippen LogP contribution in [-0.2, 0) is 6.42 Å². The van der Waals surface area contributed by atoms with Crippen molar-refractivity contribution in [3.63, 3.8) is 0 Å². The van der Waals surface area contributed by atoms with Gasteiger partial charge in [0.2, 0.25) is 0 Å². The second-order valence-electron chi connectivity index (χ2n) is 4.64.